The van der Waals surface area contributed by atoms with Gasteiger partial charge in [0.1, 0.15) is 18.3 Å². The van der Waals surface area contributed by atoms with E-state index in [4.69, 9.17) is 10.6 Å². The van der Waals surface area contributed by atoms with E-state index in [0.29, 0.717) is 18.0 Å². The van der Waals surface area contributed by atoms with E-state index >= 15 is 0 Å². The molecular weight excluding hydrogens is 460 g/mol. The van der Waals surface area contributed by atoms with Crippen LogP contribution in [0.4, 0.5) is 0 Å². The van der Waals surface area contributed by atoms with E-state index in [-0.39, 0.29) is 64.6 Å². The fourth-order valence-corrected chi connectivity index (χ4v) is 7.01. The summed E-state index contributed by atoms with van der Waals surface area (Å²) in [7, 11) is 1.86. The number of rotatable bonds is 7. The fourth-order valence-electron chi connectivity index (χ4n) is 5.52. The number of aliphatic hydroxyl groups is 1. The van der Waals surface area contributed by atoms with E-state index in [2.05, 4.69) is 5.32 Å². The summed E-state index contributed by atoms with van der Waals surface area (Å²) in [6.07, 6.45) is 0.775. The van der Waals surface area contributed by atoms with Crippen molar-refractivity contribution in [1.82, 2.24) is 10.2 Å². The number of hydrogen-bond donors (Lipinski definition) is 4. The van der Waals surface area contributed by atoms with E-state index in [1.165, 1.54) is 16.7 Å². The van der Waals surface area contributed by atoms with Crippen LogP contribution in [0.3, 0.4) is 0 Å². The number of aliphatic hydroxyl groups excluding tert-OH is 1. The number of fused-ring (bicyclic) bond motifs is 1. The number of halogens is 1. The molecule has 0 saturated carbocycles. The first-order chi connectivity index (χ1) is 14.5. The highest BCUT2D eigenvalue weighted by Gasteiger charge is 2.60. The average Bonchev–Trinajstić information content (AvgIpc) is 3.32. The highest BCUT2D eigenvalue weighted by molar-refractivity contribution is 8.03. The molecule has 5 N–H and O–H groups in total. The standard InChI is InChI=1S/C20H30N4O6S.ClH/c1-9-16-15(10(2)25)19(27)23(16)17(20(28)29)18(9)31-11-6-12(22-7-11)13-4-5-24(3,30-13)8-14(21)26;/h9-13,15-16,22,25H,4-8H2,1-3H3,(H2-,21,26,28,29);1H/t9-,10-,11+,12+,13?,15-,16-,24?;/m1./s1. The molecule has 3 fully saturated rings. The molecule has 2 unspecified atom stereocenters. The number of nitrogens with one attached hydrogen (secondary N) is 1. The molecule has 0 spiro atoms. The van der Waals surface area contributed by atoms with Crippen LogP contribution in [0, 0.1) is 11.8 Å². The topological polar surface area (TPSA) is 142 Å². The summed E-state index contributed by atoms with van der Waals surface area (Å²) in [5, 5.41) is 23.4. The Balaban J connectivity index is 0.00000289. The van der Waals surface area contributed by atoms with Crippen molar-refractivity contribution >= 4 is 29.5 Å². The van der Waals surface area contributed by atoms with Gasteiger partial charge in [-0.15, -0.1) is 11.8 Å². The molecule has 0 bridgehead atoms. The molecule has 32 heavy (non-hydrogen) atoms. The van der Waals surface area contributed by atoms with Crippen LogP contribution in [-0.4, -0.2) is 93.8 Å². The van der Waals surface area contributed by atoms with Crippen molar-refractivity contribution in [3.8, 4) is 0 Å². The van der Waals surface area contributed by atoms with Crippen LogP contribution in [0.1, 0.15) is 26.7 Å². The Kier molecular flexibility index (Phi) is 7.19. The molecule has 3 saturated heterocycles. The minimum absolute atomic E-state index is 0. The lowest BCUT2D eigenvalue weighted by molar-refractivity contribution is -1.07. The lowest BCUT2D eigenvalue weighted by Crippen LogP contribution is -3.00. The Bertz CT molecular complexity index is 841. The quantitative estimate of drug-likeness (QED) is 0.210. The molecule has 0 radical (unpaired) electrons. The van der Waals surface area contributed by atoms with E-state index in [1.807, 2.05) is 14.0 Å². The predicted molar refractivity (Wildman–Crippen MR) is 112 cm³/mol. The Morgan fingerprint density at radius 1 is 1.44 bits per heavy atom. The van der Waals surface area contributed by atoms with Crippen molar-refractivity contribution in [2.45, 2.75) is 56.2 Å². The van der Waals surface area contributed by atoms with E-state index < -0.39 is 23.9 Å². The number of carboxylic acid groups (broad SMARTS) is 1. The van der Waals surface area contributed by atoms with Gasteiger partial charge in [-0.1, -0.05) is 6.92 Å². The van der Waals surface area contributed by atoms with Crippen molar-refractivity contribution in [3.05, 3.63) is 10.6 Å². The number of β-lactam (4-membered cyclic amide) rings is 1. The highest BCUT2D eigenvalue weighted by atomic mass is 35.5. The summed E-state index contributed by atoms with van der Waals surface area (Å²) in [6.45, 7) is 5.08. The first-order valence-corrected chi connectivity index (χ1v) is 11.6. The lowest BCUT2D eigenvalue weighted by atomic mass is 9.79. The largest absolute Gasteiger partial charge is 1.00 e. The maximum absolute atomic E-state index is 12.5. The first kappa shape index (κ1) is 25.3. The van der Waals surface area contributed by atoms with Crippen LogP contribution in [0.5, 0.6) is 0 Å². The van der Waals surface area contributed by atoms with Gasteiger partial charge in [0.15, 0.2) is 6.54 Å². The molecule has 0 aromatic heterocycles. The van der Waals surface area contributed by atoms with E-state index in [1.54, 1.807) is 6.92 Å². The Hall–Kier alpha value is -1.37. The molecule has 0 aliphatic carbocycles. The Labute approximate surface area is 197 Å². The summed E-state index contributed by atoms with van der Waals surface area (Å²) in [6, 6.07) is -0.184. The third-order valence-electron chi connectivity index (χ3n) is 6.94. The number of primary amides is 1. The van der Waals surface area contributed by atoms with Crippen molar-refractivity contribution < 1.29 is 46.5 Å². The molecule has 0 aromatic carbocycles. The number of hydrogen-bond acceptors (Lipinski definition) is 7. The van der Waals surface area contributed by atoms with E-state index in [0.717, 1.165) is 12.8 Å². The van der Waals surface area contributed by atoms with Crippen LogP contribution in [-0.2, 0) is 19.2 Å². The van der Waals surface area contributed by atoms with Gasteiger partial charge >= 0.3 is 5.97 Å². The van der Waals surface area contributed by atoms with Crippen molar-refractivity contribution in [1.29, 1.82) is 0 Å². The second-order valence-electron chi connectivity index (χ2n) is 9.34. The number of thioether (sulfide) groups is 1. The van der Waals surface area contributed by atoms with Gasteiger partial charge in [0, 0.05) is 35.1 Å². The van der Waals surface area contributed by atoms with Crippen molar-refractivity contribution in [2.24, 2.45) is 17.6 Å². The number of nitrogens with zero attached hydrogens (tertiary/aromatic N) is 2. The van der Waals surface area contributed by atoms with Crippen molar-refractivity contribution in [2.75, 3.05) is 26.7 Å². The third kappa shape index (κ3) is 4.26. The molecule has 8 atom stereocenters. The van der Waals surface area contributed by atoms with E-state index in [9.17, 15) is 24.6 Å². The maximum atomic E-state index is 12.5. The number of nitrogens with two attached hydrogens (primary N) is 1. The number of carboxylic acids is 1. The molecule has 2 amide bonds. The molecule has 12 heteroatoms. The minimum atomic E-state index is -1.10. The van der Waals surface area contributed by atoms with Gasteiger partial charge in [-0.05, 0) is 13.3 Å². The molecule has 180 valence electrons. The number of quaternary nitrogens is 1. The number of amides is 2. The molecule has 4 aliphatic rings. The molecule has 4 aliphatic heterocycles. The Morgan fingerprint density at radius 2 is 2.12 bits per heavy atom. The van der Waals surface area contributed by atoms with Gasteiger partial charge in [0.25, 0.3) is 5.91 Å². The van der Waals surface area contributed by atoms with Crippen molar-refractivity contribution in [3.63, 3.8) is 0 Å². The normalized spacial score (nSPS) is 39.5. The summed E-state index contributed by atoms with van der Waals surface area (Å²) in [5.74, 6) is -2.49. The monoisotopic (exact) mass is 490 g/mol. The van der Waals surface area contributed by atoms with Gasteiger partial charge in [-0.3, -0.25) is 9.59 Å². The summed E-state index contributed by atoms with van der Waals surface area (Å²) >= 11 is 1.52. The maximum Gasteiger partial charge on any atom is 0.353 e. The molecule has 0 aromatic rings. The lowest BCUT2D eigenvalue weighted by Gasteiger charge is -2.46. The predicted octanol–water partition coefficient (Wildman–Crippen LogP) is -3.76. The second kappa shape index (κ2) is 9.11. The summed E-state index contributed by atoms with van der Waals surface area (Å²) in [4.78, 5) is 44.0. The number of aliphatic carboxylic acids is 1. The molecular formula is C20H31ClN4O6S. The van der Waals surface area contributed by atoms with Crippen LogP contribution < -0.4 is 23.5 Å². The molecule has 4 rings (SSSR count). The SMILES string of the molecule is C[C@@H](O)[C@H]1C(=O)N2C(C(=O)O)=C(S[C@@H]3CN[C@H](C4CC[N+](C)(CC(N)=O)O4)C3)[C@H](C)[C@H]12.[Cl-]. The first-order valence-electron chi connectivity index (χ1n) is 10.7. The zero-order chi connectivity index (χ0) is 22.7. The summed E-state index contributed by atoms with van der Waals surface area (Å²) in [5.41, 5.74) is 5.40. The summed E-state index contributed by atoms with van der Waals surface area (Å²) < 4.78 is 0.181. The number of carbonyl (C=O) groups excluding carboxylic acids is 2. The highest BCUT2D eigenvalue weighted by Crippen LogP contribution is 2.52. The third-order valence-corrected chi connectivity index (χ3v) is 8.46. The Morgan fingerprint density at radius 3 is 2.72 bits per heavy atom. The fraction of sp³-hybridized carbons (Fsp3) is 0.750. The van der Waals surface area contributed by atoms with Gasteiger partial charge in [0.2, 0.25) is 5.91 Å². The smallest absolute Gasteiger partial charge is 0.353 e. The number of likely N-dealkylation sites (N-methyl/N-ethyl adjacent to an activating group) is 1. The number of carbonyl (C=O) groups is 3. The zero-order valence-electron chi connectivity index (χ0n) is 18.4. The number of hydroxylamine groups is 3. The van der Waals surface area contributed by atoms with Crippen LogP contribution >= 0.6 is 11.8 Å². The van der Waals surface area contributed by atoms with Gasteiger partial charge in [0.05, 0.1) is 25.1 Å². The van der Waals surface area contributed by atoms with Crippen LogP contribution in [0.25, 0.3) is 0 Å². The molecule has 4 heterocycles. The second-order valence-corrected chi connectivity index (χ2v) is 10.7. The van der Waals surface area contributed by atoms with Crippen LogP contribution in [0.2, 0.25) is 0 Å². The average molecular weight is 491 g/mol. The van der Waals surface area contributed by atoms with Gasteiger partial charge in [-0.25, -0.2) is 4.79 Å². The van der Waals surface area contributed by atoms with Gasteiger partial charge in [-0.2, -0.15) is 9.48 Å². The van der Waals surface area contributed by atoms with Crippen LogP contribution in [0.15, 0.2) is 10.6 Å². The minimum Gasteiger partial charge on any atom is -1.00 e. The molecule has 10 nitrogen and oxygen atoms in total. The van der Waals surface area contributed by atoms with Gasteiger partial charge < -0.3 is 38.6 Å². The zero-order valence-corrected chi connectivity index (χ0v) is 19.9.